The fraction of sp³-hybridized carbons (Fsp3) is 0.357. The molecule has 0 aliphatic heterocycles. The van der Waals surface area contributed by atoms with Gasteiger partial charge in [0.15, 0.2) is 5.69 Å². The third kappa shape index (κ3) is 3.25. The van der Waals surface area contributed by atoms with Crippen molar-refractivity contribution >= 4 is 21.8 Å². The number of rotatable bonds is 5. The minimum absolute atomic E-state index is 0.0642. The summed E-state index contributed by atoms with van der Waals surface area (Å²) in [7, 11) is 0. The van der Waals surface area contributed by atoms with Crippen molar-refractivity contribution in [1.82, 2.24) is 20.3 Å². The molecule has 1 aromatic carbocycles. The summed E-state index contributed by atoms with van der Waals surface area (Å²) in [5.74, 6) is 0.573. The second-order valence-corrected chi connectivity index (χ2v) is 6.03. The molecule has 0 radical (unpaired) electrons. The zero-order valence-electron chi connectivity index (χ0n) is 10.9. The quantitative estimate of drug-likeness (QED) is 0.914. The van der Waals surface area contributed by atoms with Crippen LogP contribution in [0, 0.1) is 5.92 Å². The zero-order valence-corrected chi connectivity index (χ0v) is 12.5. The van der Waals surface area contributed by atoms with Gasteiger partial charge in [0.2, 0.25) is 0 Å². The van der Waals surface area contributed by atoms with Gasteiger partial charge in [-0.3, -0.25) is 4.79 Å². The maximum absolute atomic E-state index is 12.5. The molecule has 104 valence electrons. The predicted molar refractivity (Wildman–Crippen MR) is 78.0 cm³/mol. The van der Waals surface area contributed by atoms with E-state index in [9.17, 15) is 4.79 Å². The molecule has 2 aromatic rings. The number of nitrogens with zero attached hydrogens (tertiary/aromatic N) is 3. The highest BCUT2D eigenvalue weighted by Crippen LogP contribution is 2.30. The van der Waals surface area contributed by atoms with Crippen molar-refractivity contribution in [3.63, 3.8) is 0 Å². The SMILES string of the molecule is O=C(c1cn[nH]n1)N(Cc1cccc(Br)c1)CC1CC1. The molecule has 20 heavy (non-hydrogen) atoms. The molecule has 1 aliphatic rings. The molecule has 1 amide bonds. The highest BCUT2D eigenvalue weighted by Gasteiger charge is 2.28. The third-order valence-corrected chi connectivity index (χ3v) is 3.85. The van der Waals surface area contributed by atoms with Gasteiger partial charge in [-0.2, -0.15) is 15.4 Å². The number of hydrogen-bond acceptors (Lipinski definition) is 3. The molecule has 1 aliphatic carbocycles. The molecule has 3 rings (SSSR count). The van der Waals surface area contributed by atoms with E-state index >= 15 is 0 Å². The highest BCUT2D eigenvalue weighted by atomic mass is 79.9. The number of benzene rings is 1. The van der Waals surface area contributed by atoms with Crippen molar-refractivity contribution in [2.24, 2.45) is 5.92 Å². The summed E-state index contributed by atoms with van der Waals surface area (Å²) in [6, 6.07) is 8.03. The first-order valence-electron chi connectivity index (χ1n) is 6.62. The molecule has 1 N–H and O–H groups in total. The number of halogens is 1. The average molecular weight is 335 g/mol. The topological polar surface area (TPSA) is 61.9 Å². The summed E-state index contributed by atoms with van der Waals surface area (Å²) >= 11 is 3.46. The van der Waals surface area contributed by atoms with Crippen molar-refractivity contribution in [3.05, 3.63) is 46.2 Å². The van der Waals surface area contributed by atoms with E-state index in [-0.39, 0.29) is 5.91 Å². The molecule has 0 spiro atoms. The number of nitrogens with one attached hydrogen (secondary N) is 1. The standard InChI is InChI=1S/C14H15BrN4O/c15-12-3-1-2-11(6-12)9-19(8-10-4-5-10)14(20)13-7-16-18-17-13/h1-3,6-7,10H,4-5,8-9H2,(H,16,17,18). The van der Waals surface area contributed by atoms with Gasteiger partial charge < -0.3 is 4.90 Å². The maximum Gasteiger partial charge on any atom is 0.276 e. The van der Waals surface area contributed by atoms with Crippen molar-refractivity contribution in [3.8, 4) is 0 Å². The molecule has 0 saturated heterocycles. The summed E-state index contributed by atoms with van der Waals surface area (Å²) in [4.78, 5) is 14.3. The number of carbonyl (C=O) groups excluding carboxylic acids is 1. The van der Waals surface area contributed by atoms with E-state index < -0.39 is 0 Å². The number of carbonyl (C=O) groups is 1. The normalized spacial score (nSPS) is 14.2. The maximum atomic E-state index is 12.5. The average Bonchev–Trinajstić information content (AvgIpc) is 3.08. The molecular weight excluding hydrogens is 320 g/mol. The van der Waals surface area contributed by atoms with Gasteiger partial charge in [0.1, 0.15) is 0 Å². The smallest absolute Gasteiger partial charge is 0.276 e. The van der Waals surface area contributed by atoms with Crippen molar-refractivity contribution in [1.29, 1.82) is 0 Å². The lowest BCUT2D eigenvalue weighted by Gasteiger charge is -2.21. The molecule has 6 heteroatoms. The molecule has 1 saturated carbocycles. The first kappa shape index (κ1) is 13.3. The number of H-pyrrole nitrogens is 1. The Morgan fingerprint density at radius 3 is 2.95 bits per heavy atom. The first-order valence-corrected chi connectivity index (χ1v) is 7.41. The molecule has 0 atom stereocenters. The summed E-state index contributed by atoms with van der Waals surface area (Å²) < 4.78 is 1.02. The first-order chi connectivity index (χ1) is 9.72. The predicted octanol–water partition coefficient (Wildman–Crippen LogP) is 2.62. The van der Waals surface area contributed by atoms with E-state index in [0.29, 0.717) is 18.2 Å². The van der Waals surface area contributed by atoms with Gasteiger partial charge >= 0.3 is 0 Å². The lowest BCUT2D eigenvalue weighted by Crippen LogP contribution is -2.32. The largest absolute Gasteiger partial charge is 0.333 e. The Hall–Kier alpha value is -1.69. The number of aromatic amines is 1. The van der Waals surface area contributed by atoms with Crippen LogP contribution < -0.4 is 0 Å². The molecule has 1 fully saturated rings. The van der Waals surface area contributed by atoms with Crippen LogP contribution in [0.4, 0.5) is 0 Å². The summed E-state index contributed by atoms with van der Waals surface area (Å²) in [6.45, 7) is 1.39. The Balaban J connectivity index is 1.77. The van der Waals surface area contributed by atoms with E-state index in [1.165, 1.54) is 19.0 Å². The molecule has 0 bridgehead atoms. The fourth-order valence-electron chi connectivity index (χ4n) is 2.15. The summed E-state index contributed by atoms with van der Waals surface area (Å²) in [6.07, 6.45) is 3.89. The van der Waals surface area contributed by atoms with E-state index in [1.807, 2.05) is 29.2 Å². The minimum Gasteiger partial charge on any atom is -0.333 e. The summed E-state index contributed by atoms with van der Waals surface area (Å²) in [5, 5.41) is 10.1. The van der Waals surface area contributed by atoms with Crippen LogP contribution in [0.2, 0.25) is 0 Å². The number of hydrogen-bond donors (Lipinski definition) is 1. The van der Waals surface area contributed by atoms with Crippen LogP contribution in [0.3, 0.4) is 0 Å². The van der Waals surface area contributed by atoms with Crippen LogP contribution >= 0.6 is 15.9 Å². The van der Waals surface area contributed by atoms with Gasteiger partial charge in [-0.1, -0.05) is 28.1 Å². The number of amides is 1. The molecule has 1 heterocycles. The number of aromatic nitrogens is 3. The lowest BCUT2D eigenvalue weighted by atomic mass is 10.2. The zero-order chi connectivity index (χ0) is 13.9. The Morgan fingerprint density at radius 2 is 2.30 bits per heavy atom. The van der Waals surface area contributed by atoms with Crippen LogP contribution in [0.25, 0.3) is 0 Å². The van der Waals surface area contributed by atoms with Crippen molar-refractivity contribution < 1.29 is 4.79 Å². The van der Waals surface area contributed by atoms with Crippen LogP contribution in [-0.4, -0.2) is 32.8 Å². The monoisotopic (exact) mass is 334 g/mol. The minimum atomic E-state index is -0.0642. The van der Waals surface area contributed by atoms with E-state index in [1.54, 1.807) is 0 Å². The summed E-state index contributed by atoms with van der Waals surface area (Å²) in [5.41, 5.74) is 1.48. The van der Waals surface area contributed by atoms with Crippen molar-refractivity contribution in [2.75, 3.05) is 6.54 Å². The molecule has 5 nitrogen and oxygen atoms in total. The lowest BCUT2D eigenvalue weighted by molar-refractivity contribution is 0.0729. The van der Waals surface area contributed by atoms with E-state index in [0.717, 1.165) is 16.6 Å². The van der Waals surface area contributed by atoms with Gasteiger partial charge in [-0.05, 0) is 36.5 Å². The molecule has 0 unspecified atom stereocenters. The van der Waals surface area contributed by atoms with Gasteiger partial charge in [-0.15, -0.1) is 0 Å². The van der Waals surface area contributed by atoms with E-state index in [4.69, 9.17) is 0 Å². The third-order valence-electron chi connectivity index (χ3n) is 3.36. The van der Waals surface area contributed by atoms with Crippen molar-refractivity contribution in [2.45, 2.75) is 19.4 Å². The van der Waals surface area contributed by atoms with Crippen LogP contribution in [0.5, 0.6) is 0 Å². The highest BCUT2D eigenvalue weighted by molar-refractivity contribution is 9.10. The Labute approximate surface area is 125 Å². The van der Waals surface area contributed by atoms with E-state index in [2.05, 4.69) is 31.3 Å². The molecule has 1 aromatic heterocycles. The Kier molecular flexibility index (Phi) is 3.82. The second-order valence-electron chi connectivity index (χ2n) is 5.11. The van der Waals surface area contributed by atoms with Gasteiger partial charge in [-0.25, -0.2) is 0 Å². The van der Waals surface area contributed by atoms with Gasteiger partial charge in [0, 0.05) is 17.6 Å². The van der Waals surface area contributed by atoms with Crippen LogP contribution in [0.1, 0.15) is 28.9 Å². The van der Waals surface area contributed by atoms with Gasteiger partial charge in [0.05, 0.1) is 6.20 Å². The Morgan fingerprint density at radius 1 is 1.45 bits per heavy atom. The van der Waals surface area contributed by atoms with Crippen LogP contribution in [0.15, 0.2) is 34.9 Å². The second kappa shape index (κ2) is 5.75. The van der Waals surface area contributed by atoms with Gasteiger partial charge in [0.25, 0.3) is 5.91 Å². The fourth-order valence-corrected chi connectivity index (χ4v) is 2.60. The Bertz CT molecular complexity index is 595. The molecular formula is C14H15BrN4O. The van der Waals surface area contributed by atoms with Crippen LogP contribution in [-0.2, 0) is 6.54 Å².